The van der Waals surface area contributed by atoms with Gasteiger partial charge in [0, 0.05) is 47.9 Å². The highest BCUT2D eigenvalue weighted by Gasteiger charge is 2.85. The summed E-state index contributed by atoms with van der Waals surface area (Å²) in [7, 11) is 3.55. The average Bonchev–Trinajstić information content (AvgIpc) is 3.85. The van der Waals surface area contributed by atoms with Gasteiger partial charge in [-0.15, -0.1) is 0 Å². The molecule has 7 aliphatic rings. The van der Waals surface area contributed by atoms with Crippen molar-refractivity contribution >= 4 is 11.9 Å². The largest absolute Gasteiger partial charge is 0.443 e. The summed E-state index contributed by atoms with van der Waals surface area (Å²) in [5, 5.41) is 0. The number of likely N-dealkylation sites (tertiary alicyclic amines) is 2. The summed E-state index contributed by atoms with van der Waals surface area (Å²) in [6.07, 6.45) is -0.519. The van der Waals surface area contributed by atoms with Crippen LogP contribution in [0.1, 0.15) is 22.3 Å². The molecule has 1 spiro atoms. The Morgan fingerprint density at radius 2 is 1.06 bits per heavy atom. The van der Waals surface area contributed by atoms with Gasteiger partial charge < -0.3 is 9.47 Å². The molecule has 3 heterocycles. The fraction of sp³-hybridized carbons (Fsp3) is 0.459. The molecule has 0 N–H and O–H groups in total. The third-order valence-electron chi connectivity index (χ3n) is 13.1. The molecule has 10 unspecified atom stereocenters. The second-order valence-corrected chi connectivity index (χ2v) is 14.9. The third-order valence-corrected chi connectivity index (χ3v) is 13.1. The summed E-state index contributed by atoms with van der Waals surface area (Å²) >= 11 is 0. The van der Waals surface area contributed by atoms with Gasteiger partial charge in [0.25, 0.3) is 0 Å². The van der Waals surface area contributed by atoms with Crippen LogP contribution in [0.5, 0.6) is 0 Å². The van der Waals surface area contributed by atoms with Crippen LogP contribution in [0.4, 0.5) is 26.3 Å². The summed E-state index contributed by atoms with van der Waals surface area (Å²) in [6.45, 7) is 0.570. The van der Waals surface area contributed by atoms with Gasteiger partial charge in [-0.1, -0.05) is 60.7 Å². The number of esters is 2. The molecule has 6 nitrogen and oxygen atoms in total. The molecule has 2 saturated carbocycles. The lowest BCUT2D eigenvalue weighted by molar-refractivity contribution is -0.156. The van der Waals surface area contributed by atoms with Gasteiger partial charge in [-0.3, -0.25) is 9.80 Å². The summed E-state index contributed by atoms with van der Waals surface area (Å²) < 4.78 is 97.4. The van der Waals surface area contributed by atoms with E-state index in [0.29, 0.717) is 11.1 Å². The number of nitrogens with zero attached hydrogens (tertiary/aromatic N) is 2. The number of carbonyl (C=O) groups is 2. The highest BCUT2D eigenvalue weighted by molar-refractivity contribution is 5.92. The number of benzene rings is 2. The molecule has 7 bridgehead atoms. The first-order valence-corrected chi connectivity index (χ1v) is 16.4. The van der Waals surface area contributed by atoms with Gasteiger partial charge >= 0.3 is 24.3 Å². The molecule has 49 heavy (non-hydrogen) atoms. The minimum Gasteiger partial charge on any atom is -0.443 e. The Balaban J connectivity index is 1.31. The van der Waals surface area contributed by atoms with Gasteiger partial charge in [0.1, 0.15) is 0 Å². The highest BCUT2D eigenvalue weighted by Crippen LogP contribution is 2.83. The maximum Gasteiger partial charge on any atom is 0.416 e. The Labute approximate surface area is 278 Å². The first-order chi connectivity index (χ1) is 23.1. The van der Waals surface area contributed by atoms with E-state index >= 15 is 0 Å². The smallest absolute Gasteiger partial charge is 0.416 e. The van der Waals surface area contributed by atoms with Gasteiger partial charge in [0.05, 0.1) is 11.1 Å². The van der Waals surface area contributed by atoms with Gasteiger partial charge in [-0.25, -0.2) is 9.59 Å². The zero-order chi connectivity index (χ0) is 34.5. The number of halogens is 6. The van der Waals surface area contributed by atoms with Crippen molar-refractivity contribution in [2.24, 2.45) is 40.9 Å². The predicted molar refractivity (Wildman–Crippen MR) is 162 cm³/mol. The minimum absolute atomic E-state index is 0.285. The summed E-state index contributed by atoms with van der Waals surface area (Å²) in [5.74, 6) is -3.91. The van der Waals surface area contributed by atoms with Crippen LogP contribution < -0.4 is 0 Å². The number of alkyl halides is 6. The SMILES string of the molecule is CN1CC2(c3cccc(C(F)(F)F)c3)C3C1OC(=O)/C=C\C(=O)OC1C4C5C=CC(C4(c4cccc(C(F)(F)F)c4)CN1C)C51C3C=CC21. The van der Waals surface area contributed by atoms with Crippen LogP contribution in [0.2, 0.25) is 0 Å². The number of fused-ring (bicyclic) bond motifs is 2. The van der Waals surface area contributed by atoms with Gasteiger partial charge in [-0.05, 0) is 66.4 Å². The normalized spacial score (nSPS) is 42.6. The van der Waals surface area contributed by atoms with E-state index in [0.717, 1.165) is 24.3 Å². The molecule has 10 atom stereocenters. The van der Waals surface area contributed by atoms with Crippen molar-refractivity contribution in [3.05, 3.63) is 107 Å². The topological polar surface area (TPSA) is 59.1 Å². The van der Waals surface area contributed by atoms with Crippen molar-refractivity contribution < 1.29 is 45.4 Å². The number of ether oxygens (including phenoxy) is 2. The van der Waals surface area contributed by atoms with E-state index in [1.165, 1.54) is 24.3 Å². The standard InChI is InChI=1S/C37H32F6N2O4/c1-44-17-33(19-5-3-7-21(15-19)36(38,39)40)25-11-9-23-29(33)31(44)48-27(46)13-14-28(47)49-32-30-24-10-12-26(35(23,24)25)34(30,18-45(32)2)20-6-4-8-22(16-20)37(41,42)43/h3-16,23-26,29-32H,17-18H2,1-2H3/b14-13-. The van der Waals surface area contributed by atoms with Crippen molar-refractivity contribution in [1.82, 2.24) is 9.80 Å². The lowest BCUT2D eigenvalue weighted by Gasteiger charge is -2.45. The van der Waals surface area contributed by atoms with E-state index in [1.807, 2.05) is 9.80 Å². The lowest BCUT2D eigenvalue weighted by atomic mass is 9.59. The fourth-order valence-electron chi connectivity index (χ4n) is 12.0. The molecule has 4 fully saturated rings. The van der Waals surface area contributed by atoms with Gasteiger partial charge in [-0.2, -0.15) is 26.3 Å². The Kier molecular flexibility index (Phi) is 6.13. The molecule has 0 aromatic heterocycles. The summed E-state index contributed by atoms with van der Waals surface area (Å²) in [5.41, 5.74) is -3.14. The molecule has 2 aromatic carbocycles. The van der Waals surface area contributed by atoms with E-state index in [4.69, 9.17) is 9.47 Å². The second kappa shape index (κ2) is 9.66. The van der Waals surface area contributed by atoms with Crippen LogP contribution in [0.25, 0.3) is 0 Å². The third kappa shape index (κ3) is 3.71. The molecule has 256 valence electrons. The number of hydrogen-bond donors (Lipinski definition) is 0. The lowest BCUT2D eigenvalue weighted by Crippen LogP contribution is -2.47. The molecule has 3 aliphatic heterocycles. The average molecular weight is 683 g/mol. The zero-order valence-electron chi connectivity index (χ0n) is 26.4. The van der Waals surface area contributed by atoms with Crippen molar-refractivity contribution in [2.45, 2.75) is 35.6 Å². The molecule has 2 aromatic rings. The summed E-state index contributed by atoms with van der Waals surface area (Å²) in [4.78, 5) is 30.2. The van der Waals surface area contributed by atoms with Crippen LogP contribution in [-0.4, -0.2) is 61.4 Å². The number of allylic oxidation sites excluding steroid dienone is 4. The van der Waals surface area contributed by atoms with E-state index < -0.39 is 76.0 Å². The maximum absolute atomic E-state index is 14.2. The Bertz CT molecular complexity index is 1750. The van der Waals surface area contributed by atoms with E-state index in [9.17, 15) is 35.9 Å². The molecular formula is C37H32F6N2O4. The highest BCUT2D eigenvalue weighted by atomic mass is 19.4. The quantitative estimate of drug-likeness (QED) is 0.222. The number of likely N-dealkylation sites (N-methyl/N-ethyl adjacent to an activating group) is 2. The molecule has 4 aliphatic carbocycles. The monoisotopic (exact) mass is 682 g/mol. The number of rotatable bonds is 2. The van der Waals surface area contributed by atoms with Crippen LogP contribution >= 0.6 is 0 Å². The second-order valence-electron chi connectivity index (χ2n) is 14.9. The molecule has 0 radical (unpaired) electrons. The Hall–Kier alpha value is -3.90. The van der Waals surface area contributed by atoms with Crippen molar-refractivity contribution in [1.29, 1.82) is 0 Å². The van der Waals surface area contributed by atoms with Gasteiger partial charge in [0.15, 0.2) is 12.5 Å². The predicted octanol–water partition coefficient (Wildman–Crippen LogP) is 5.95. The Morgan fingerprint density at radius 3 is 1.45 bits per heavy atom. The molecular weight excluding hydrogens is 650 g/mol. The Morgan fingerprint density at radius 1 is 0.653 bits per heavy atom. The van der Waals surface area contributed by atoms with Crippen LogP contribution in [0.3, 0.4) is 0 Å². The minimum atomic E-state index is -4.59. The van der Waals surface area contributed by atoms with E-state index in [2.05, 4.69) is 24.3 Å². The van der Waals surface area contributed by atoms with Gasteiger partial charge in [0.2, 0.25) is 0 Å². The first kappa shape index (κ1) is 31.1. The zero-order valence-corrected chi connectivity index (χ0v) is 26.4. The molecule has 2 saturated heterocycles. The van der Waals surface area contributed by atoms with Crippen molar-refractivity contribution in [3.8, 4) is 0 Å². The first-order valence-electron chi connectivity index (χ1n) is 16.4. The van der Waals surface area contributed by atoms with Crippen molar-refractivity contribution in [2.75, 3.05) is 27.2 Å². The van der Waals surface area contributed by atoms with Crippen LogP contribution in [0.15, 0.2) is 85.0 Å². The number of carbonyl (C=O) groups excluding carboxylic acids is 2. The molecule has 9 rings (SSSR count). The van der Waals surface area contributed by atoms with Crippen LogP contribution in [0, 0.1) is 40.9 Å². The van der Waals surface area contributed by atoms with Crippen molar-refractivity contribution in [3.63, 3.8) is 0 Å². The van der Waals surface area contributed by atoms with E-state index in [1.54, 1.807) is 26.2 Å². The number of hydrogen-bond acceptors (Lipinski definition) is 6. The summed E-state index contributed by atoms with van der Waals surface area (Å²) in [6, 6.07) is 10.8. The maximum atomic E-state index is 14.2. The molecule has 12 heteroatoms. The molecule has 0 amide bonds. The van der Waals surface area contributed by atoms with Crippen LogP contribution in [-0.2, 0) is 42.2 Å². The fourth-order valence-corrected chi connectivity index (χ4v) is 12.0. The van der Waals surface area contributed by atoms with E-state index in [-0.39, 0.29) is 36.8 Å².